The minimum atomic E-state index is -0.930. The first-order chi connectivity index (χ1) is 11.0. The second-order valence-electron chi connectivity index (χ2n) is 5.68. The zero-order valence-corrected chi connectivity index (χ0v) is 12.0. The molecule has 0 spiro atoms. The number of nitrogens with zero attached hydrogens (tertiary/aromatic N) is 1. The van der Waals surface area contributed by atoms with Crippen molar-refractivity contribution in [2.24, 2.45) is 0 Å². The van der Waals surface area contributed by atoms with E-state index >= 15 is 0 Å². The van der Waals surface area contributed by atoms with Crippen LogP contribution < -0.4 is 5.56 Å². The summed E-state index contributed by atoms with van der Waals surface area (Å²) in [6.45, 7) is 0.561. The number of aliphatic hydroxyl groups is 1. The Morgan fingerprint density at radius 3 is 2.57 bits per heavy atom. The van der Waals surface area contributed by atoms with E-state index in [1.54, 1.807) is 24.3 Å². The third-order valence-electron chi connectivity index (χ3n) is 4.04. The van der Waals surface area contributed by atoms with Crippen LogP contribution in [0.5, 0.6) is 0 Å². The summed E-state index contributed by atoms with van der Waals surface area (Å²) in [6, 6.07) is 11.0. The van der Waals surface area contributed by atoms with E-state index in [2.05, 4.69) is 9.97 Å². The number of ether oxygens (including phenoxy) is 1. The fourth-order valence-electron chi connectivity index (χ4n) is 2.65. The second kappa shape index (κ2) is 4.97. The van der Waals surface area contributed by atoms with E-state index in [1.165, 1.54) is 18.2 Å². The standard InChI is InChI=1S/C17H13FN2O3/c18-12-5-6-14-13(7-12)16(21)20-15(19-14)10-1-3-11(4-2-10)17(22)8-23-9-17/h1-7,22H,8-9H2,(H,19,20,21). The lowest BCUT2D eigenvalue weighted by Gasteiger charge is -2.36. The van der Waals surface area contributed by atoms with Crippen molar-refractivity contribution >= 4 is 10.9 Å². The van der Waals surface area contributed by atoms with E-state index < -0.39 is 11.4 Å². The number of rotatable bonds is 2. The molecule has 1 fully saturated rings. The first-order valence-corrected chi connectivity index (χ1v) is 7.16. The summed E-state index contributed by atoms with van der Waals surface area (Å²) in [5, 5.41) is 10.4. The maximum absolute atomic E-state index is 13.2. The van der Waals surface area contributed by atoms with Crippen molar-refractivity contribution < 1.29 is 14.2 Å². The van der Waals surface area contributed by atoms with E-state index in [9.17, 15) is 14.3 Å². The maximum Gasteiger partial charge on any atom is 0.259 e. The van der Waals surface area contributed by atoms with E-state index in [0.29, 0.717) is 16.9 Å². The molecular weight excluding hydrogens is 299 g/mol. The Morgan fingerprint density at radius 1 is 1.17 bits per heavy atom. The number of aromatic nitrogens is 2. The van der Waals surface area contributed by atoms with Crippen LogP contribution in [0.15, 0.2) is 47.3 Å². The number of hydrogen-bond acceptors (Lipinski definition) is 4. The summed E-state index contributed by atoms with van der Waals surface area (Å²) in [7, 11) is 0. The van der Waals surface area contributed by atoms with Gasteiger partial charge < -0.3 is 14.8 Å². The molecule has 1 aromatic heterocycles. The lowest BCUT2D eigenvalue weighted by atomic mass is 9.91. The van der Waals surface area contributed by atoms with E-state index in [1.807, 2.05) is 0 Å². The molecule has 0 radical (unpaired) electrons. The molecule has 23 heavy (non-hydrogen) atoms. The highest BCUT2D eigenvalue weighted by Crippen LogP contribution is 2.30. The zero-order chi connectivity index (χ0) is 16.0. The van der Waals surface area contributed by atoms with E-state index in [-0.39, 0.29) is 24.2 Å². The minimum Gasteiger partial charge on any atom is -0.380 e. The second-order valence-corrected chi connectivity index (χ2v) is 5.68. The highest BCUT2D eigenvalue weighted by atomic mass is 19.1. The van der Waals surface area contributed by atoms with Crippen molar-refractivity contribution in [1.82, 2.24) is 9.97 Å². The predicted octanol–water partition coefficient (Wildman–Crippen LogP) is 1.95. The third kappa shape index (κ3) is 2.32. The lowest BCUT2D eigenvalue weighted by Crippen LogP contribution is -2.46. The van der Waals surface area contributed by atoms with Crippen molar-refractivity contribution in [3.8, 4) is 11.4 Å². The molecule has 116 valence electrons. The average Bonchev–Trinajstić information content (AvgIpc) is 2.53. The van der Waals surface area contributed by atoms with Gasteiger partial charge in [0.2, 0.25) is 0 Å². The predicted molar refractivity (Wildman–Crippen MR) is 82.5 cm³/mol. The fraction of sp³-hybridized carbons (Fsp3) is 0.176. The molecular formula is C17H13FN2O3. The number of benzene rings is 2. The van der Waals surface area contributed by atoms with Crippen LogP contribution in [0.1, 0.15) is 5.56 Å². The maximum atomic E-state index is 13.2. The zero-order valence-electron chi connectivity index (χ0n) is 12.0. The quantitative estimate of drug-likeness (QED) is 0.758. The molecule has 2 N–H and O–H groups in total. The summed E-state index contributed by atoms with van der Waals surface area (Å²) in [4.78, 5) is 19.1. The normalized spacial score (nSPS) is 16.3. The first-order valence-electron chi connectivity index (χ1n) is 7.16. The molecule has 1 saturated heterocycles. The van der Waals surface area contributed by atoms with Gasteiger partial charge in [-0.2, -0.15) is 0 Å². The van der Waals surface area contributed by atoms with Crippen molar-refractivity contribution in [3.05, 3.63) is 64.2 Å². The van der Waals surface area contributed by atoms with E-state index in [4.69, 9.17) is 4.74 Å². The SMILES string of the molecule is O=c1[nH]c(-c2ccc(C3(O)COC3)cc2)nc2ccc(F)cc12. The highest BCUT2D eigenvalue weighted by molar-refractivity contribution is 5.79. The summed E-state index contributed by atoms with van der Waals surface area (Å²) < 4.78 is 18.3. The molecule has 2 aromatic carbocycles. The van der Waals surface area contributed by atoms with Gasteiger partial charge in [0.05, 0.1) is 24.1 Å². The summed E-state index contributed by atoms with van der Waals surface area (Å²) >= 11 is 0. The van der Waals surface area contributed by atoms with Crippen LogP contribution in [0.3, 0.4) is 0 Å². The number of aromatic amines is 1. The Bertz CT molecular complexity index is 946. The van der Waals surface area contributed by atoms with Gasteiger partial charge in [0.15, 0.2) is 0 Å². The Kier molecular flexibility index (Phi) is 3.04. The molecule has 3 aromatic rings. The van der Waals surface area contributed by atoms with Crippen molar-refractivity contribution in [3.63, 3.8) is 0 Å². The Balaban J connectivity index is 1.77. The Labute approximate surface area is 130 Å². The average molecular weight is 312 g/mol. The van der Waals surface area contributed by atoms with Gasteiger partial charge in [-0.3, -0.25) is 4.79 Å². The highest BCUT2D eigenvalue weighted by Gasteiger charge is 2.37. The van der Waals surface area contributed by atoms with Crippen LogP contribution >= 0.6 is 0 Å². The Hall–Kier alpha value is -2.57. The summed E-state index contributed by atoms with van der Waals surface area (Å²) in [5.74, 6) is -0.0737. The van der Waals surface area contributed by atoms with Gasteiger partial charge in [0.1, 0.15) is 17.2 Å². The molecule has 0 aliphatic carbocycles. The van der Waals surface area contributed by atoms with Gasteiger partial charge in [-0.1, -0.05) is 24.3 Å². The summed E-state index contributed by atoms with van der Waals surface area (Å²) in [5.41, 5.74) is 0.582. The van der Waals surface area contributed by atoms with Gasteiger partial charge in [-0.25, -0.2) is 9.37 Å². The molecule has 1 aliphatic rings. The lowest BCUT2D eigenvalue weighted by molar-refractivity contribution is -0.184. The summed E-state index contributed by atoms with van der Waals surface area (Å²) in [6.07, 6.45) is 0. The molecule has 0 unspecified atom stereocenters. The van der Waals surface area contributed by atoms with Crippen LogP contribution in [0.25, 0.3) is 22.3 Å². The monoisotopic (exact) mass is 312 g/mol. The van der Waals surface area contributed by atoms with Crippen LogP contribution in [0.4, 0.5) is 4.39 Å². The number of H-pyrrole nitrogens is 1. The smallest absolute Gasteiger partial charge is 0.259 e. The van der Waals surface area contributed by atoms with Gasteiger partial charge >= 0.3 is 0 Å². The van der Waals surface area contributed by atoms with Gasteiger partial charge in [-0.15, -0.1) is 0 Å². The van der Waals surface area contributed by atoms with Crippen molar-refractivity contribution in [1.29, 1.82) is 0 Å². The molecule has 0 saturated carbocycles. The largest absolute Gasteiger partial charge is 0.380 e. The van der Waals surface area contributed by atoms with Gasteiger partial charge in [-0.05, 0) is 23.8 Å². The number of halogens is 1. The molecule has 0 atom stereocenters. The molecule has 1 aliphatic heterocycles. The van der Waals surface area contributed by atoms with Gasteiger partial charge in [0, 0.05) is 5.56 Å². The van der Waals surface area contributed by atoms with Crippen LogP contribution in [-0.2, 0) is 10.3 Å². The number of hydrogen-bond donors (Lipinski definition) is 2. The van der Waals surface area contributed by atoms with Crippen molar-refractivity contribution in [2.75, 3.05) is 13.2 Å². The van der Waals surface area contributed by atoms with Crippen LogP contribution in [0.2, 0.25) is 0 Å². The number of fused-ring (bicyclic) bond motifs is 1. The molecule has 5 nitrogen and oxygen atoms in total. The first kappa shape index (κ1) is 14.0. The molecule has 0 amide bonds. The van der Waals surface area contributed by atoms with Crippen molar-refractivity contribution in [2.45, 2.75) is 5.60 Å². The number of nitrogens with one attached hydrogen (secondary N) is 1. The minimum absolute atomic E-state index is 0.214. The third-order valence-corrected chi connectivity index (χ3v) is 4.04. The van der Waals surface area contributed by atoms with Gasteiger partial charge in [0.25, 0.3) is 5.56 Å². The molecule has 4 rings (SSSR count). The molecule has 0 bridgehead atoms. The van der Waals surface area contributed by atoms with E-state index in [0.717, 1.165) is 5.56 Å². The molecule has 6 heteroatoms. The van der Waals surface area contributed by atoms with Crippen LogP contribution in [0, 0.1) is 5.82 Å². The fourth-order valence-corrected chi connectivity index (χ4v) is 2.65. The van der Waals surface area contributed by atoms with Crippen LogP contribution in [-0.4, -0.2) is 28.3 Å². The Morgan fingerprint density at radius 2 is 1.91 bits per heavy atom. The topological polar surface area (TPSA) is 75.2 Å². The molecule has 2 heterocycles.